The third-order valence-corrected chi connectivity index (χ3v) is 2.34. The van der Waals surface area contributed by atoms with Gasteiger partial charge in [0.25, 0.3) is 5.91 Å². The Kier molecular flexibility index (Phi) is 5.40. The van der Waals surface area contributed by atoms with Crippen LogP contribution < -0.4 is 5.32 Å². The molecule has 20 heavy (non-hydrogen) atoms. The number of aromatic nitrogens is 1. The molecule has 106 valence electrons. The van der Waals surface area contributed by atoms with Crippen molar-refractivity contribution in [1.82, 2.24) is 15.2 Å². The molecule has 1 rings (SSSR count). The predicted molar refractivity (Wildman–Crippen MR) is 71.9 cm³/mol. The molecule has 2 amide bonds. The van der Waals surface area contributed by atoms with E-state index < -0.39 is 11.9 Å². The Balaban J connectivity index is 2.62. The summed E-state index contributed by atoms with van der Waals surface area (Å²) in [5.74, 6) is -1.75. The lowest BCUT2D eigenvalue weighted by molar-refractivity contribution is -0.131. The van der Waals surface area contributed by atoms with Gasteiger partial charge in [0.2, 0.25) is 5.91 Å². The van der Waals surface area contributed by atoms with Crippen molar-refractivity contribution in [3.05, 3.63) is 35.7 Å². The topological polar surface area (TPSA) is 99.6 Å². The monoisotopic (exact) mass is 277 g/mol. The fourth-order valence-corrected chi connectivity index (χ4v) is 1.21. The second-order valence-electron chi connectivity index (χ2n) is 4.12. The number of likely N-dealkylation sites (N-methyl/N-ethyl adjacent to an activating group) is 1. The van der Waals surface area contributed by atoms with Gasteiger partial charge in [-0.1, -0.05) is 6.07 Å². The lowest BCUT2D eigenvalue weighted by atomic mass is 10.2. The summed E-state index contributed by atoms with van der Waals surface area (Å²) in [6.45, 7) is -0.103. The first-order chi connectivity index (χ1) is 9.40. The third kappa shape index (κ3) is 4.89. The Morgan fingerprint density at radius 1 is 1.35 bits per heavy atom. The molecule has 7 heteroatoms. The highest BCUT2D eigenvalue weighted by Gasteiger charge is 2.09. The van der Waals surface area contributed by atoms with Gasteiger partial charge in [0, 0.05) is 26.4 Å². The molecule has 2 N–H and O–H groups in total. The normalized spacial score (nSPS) is 10.3. The number of carboxylic acid groups (broad SMARTS) is 1. The molecule has 0 fully saturated rings. The summed E-state index contributed by atoms with van der Waals surface area (Å²) >= 11 is 0. The molecule has 0 aromatic carbocycles. The summed E-state index contributed by atoms with van der Waals surface area (Å²) in [5, 5.41) is 10.9. The van der Waals surface area contributed by atoms with Crippen molar-refractivity contribution in [3.63, 3.8) is 0 Å². The molecule has 0 bridgehead atoms. The van der Waals surface area contributed by atoms with Gasteiger partial charge in [-0.25, -0.2) is 4.79 Å². The van der Waals surface area contributed by atoms with Crippen LogP contribution >= 0.6 is 0 Å². The number of rotatable bonds is 5. The number of carboxylic acids is 1. The fraction of sp³-hybridized carbons (Fsp3) is 0.231. The largest absolute Gasteiger partial charge is 0.478 e. The van der Waals surface area contributed by atoms with Crippen molar-refractivity contribution in [2.75, 3.05) is 20.6 Å². The Labute approximate surface area is 115 Å². The van der Waals surface area contributed by atoms with E-state index in [2.05, 4.69) is 10.3 Å². The molecule has 0 spiro atoms. The Morgan fingerprint density at radius 2 is 2.05 bits per heavy atom. The van der Waals surface area contributed by atoms with Gasteiger partial charge in [-0.2, -0.15) is 0 Å². The van der Waals surface area contributed by atoms with Gasteiger partial charge in [-0.3, -0.25) is 14.6 Å². The van der Waals surface area contributed by atoms with Crippen molar-refractivity contribution in [2.45, 2.75) is 0 Å². The van der Waals surface area contributed by atoms with Gasteiger partial charge in [0.1, 0.15) is 5.69 Å². The number of hydrogen-bond donors (Lipinski definition) is 2. The highest BCUT2D eigenvalue weighted by molar-refractivity contribution is 5.95. The number of aliphatic carboxylic acids is 1. The lowest BCUT2D eigenvalue weighted by Crippen LogP contribution is -2.36. The average Bonchev–Trinajstić information content (AvgIpc) is 2.42. The molecule has 0 saturated heterocycles. The smallest absolute Gasteiger partial charge is 0.328 e. The van der Waals surface area contributed by atoms with Crippen LogP contribution in [0.3, 0.4) is 0 Å². The molecule has 1 aromatic rings. The molecular weight excluding hydrogens is 262 g/mol. The molecule has 0 aliphatic carbocycles. The van der Waals surface area contributed by atoms with Crippen molar-refractivity contribution in [3.8, 4) is 0 Å². The van der Waals surface area contributed by atoms with Gasteiger partial charge in [0.05, 0.1) is 6.54 Å². The number of amides is 2. The first-order valence-electron chi connectivity index (χ1n) is 5.75. The maximum absolute atomic E-state index is 11.7. The number of hydrogen-bond acceptors (Lipinski definition) is 4. The first kappa shape index (κ1) is 15.4. The van der Waals surface area contributed by atoms with E-state index in [9.17, 15) is 14.4 Å². The Morgan fingerprint density at radius 3 is 2.55 bits per heavy atom. The molecule has 0 aliphatic rings. The van der Waals surface area contributed by atoms with Crippen LogP contribution in [0.4, 0.5) is 0 Å². The fourth-order valence-electron chi connectivity index (χ4n) is 1.21. The van der Waals surface area contributed by atoms with Crippen LogP contribution in [-0.2, 0) is 9.59 Å². The average molecular weight is 277 g/mol. The number of nitrogens with one attached hydrogen (secondary N) is 1. The van der Waals surface area contributed by atoms with Gasteiger partial charge < -0.3 is 15.3 Å². The number of nitrogens with zero attached hydrogens (tertiary/aromatic N) is 2. The van der Waals surface area contributed by atoms with E-state index >= 15 is 0 Å². The minimum atomic E-state index is -1.06. The second-order valence-corrected chi connectivity index (χ2v) is 4.12. The molecule has 0 radical (unpaired) electrons. The standard InChI is InChI=1S/C13H15N3O4/c1-16(2)11(17)8-15-13(20)10-5-3-9(7-14-10)4-6-12(18)19/h3-7H,8H2,1-2H3,(H,15,20)(H,18,19). The van der Waals surface area contributed by atoms with Crippen LogP contribution in [0.1, 0.15) is 16.1 Å². The number of pyridine rings is 1. The van der Waals surface area contributed by atoms with E-state index in [1.807, 2.05) is 0 Å². The zero-order valence-corrected chi connectivity index (χ0v) is 11.2. The van der Waals surface area contributed by atoms with Gasteiger partial charge in [0.15, 0.2) is 0 Å². The first-order valence-corrected chi connectivity index (χ1v) is 5.75. The SMILES string of the molecule is CN(C)C(=O)CNC(=O)c1ccc(C=CC(=O)O)cn1. The summed E-state index contributed by atoms with van der Waals surface area (Å²) in [7, 11) is 3.19. The third-order valence-electron chi connectivity index (χ3n) is 2.34. The van der Waals surface area contributed by atoms with Crippen molar-refractivity contribution in [2.24, 2.45) is 0 Å². The Hall–Kier alpha value is -2.70. The predicted octanol–water partition coefficient (Wildman–Crippen LogP) is -0.00260. The van der Waals surface area contributed by atoms with Crippen LogP contribution in [0, 0.1) is 0 Å². The zero-order valence-electron chi connectivity index (χ0n) is 11.2. The van der Waals surface area contributed by atoms with Gasteiger partial charge in [-0.05, 0) is 17.7 Å². The summed E-state index contributed by atoms with van der Waals surface area (Å²) in [6, 6.07) is 3.02. The Bertz CT molecular complexity index is 535. The molecular formula is C13H15N3O4. The van der Waals surface area contributed by atoms with Gasteiger partial charge in [-0.15, -0.1) is 0 Å². The van der Waals surface area contributed by atoms with E-state index in [1.54, 1.807) is 20.2 Å². The molecule has 0 unspecified atom stereocenters. The van der Waals surface area contributed by atoms with Crippen LogP contribution in [0.25, 0.3) is 6.08 Å². The van der Waals surface area contributed by atoms with Crippen molar-refractivity contribution < 1.29 is 19.5 Å². The van der Waals surface area contributed by atoms with Crippen LogP contribution in [0.5, 0.6) is 0 Å². The van der Waals surface area contributed by atoms with Crippen molar-refractivity contribution in [1.29, 1.82) is 0 Å². The lowest BCUT2D eigenvalue weighted by Gasteiger charge is -2.10. The molecule has 0 aliphatic heterocycles. The minimum Gasteiger partial charge on any atom is -0.478 e. The zero-order chi connectivity index (χ0) is 15.1. The second kappa shape index (κ2) is 7.03. The summed E-state index contributed by atoms with van der Waals surface area (Å²) < 4.78 is 0. The van der Waals surface area contributed by atoms with Gasteiger partial charge >= 0.3 is 5.97 Å². The van der Waals surface area contributed by atoms with E-state index in [0.717, 1.165) is 6.08 Å². The molecule has 0 saturated carbocycles. The van der Waals surface area contributed by atoms with E-state index in [0.29, 0.717) is 5.56 Å². The summed E-state index contributed by atoms with van der Waals surface area (Å²) in [6.07, 6.45) is 3.72. The van der Waals surface area contributed by atoms with Crippen LogP contribution in [-0.4, -0.2) is 53.4 Å². The molecule has 1 aromatic heterocycles. The molecule has 1 heterocycles. The van der Waals surface area contributed by atoms with E-state index in [4.69, 9.17) is 5.11 Å². The molecule has 7 nitrogen and oxygen atoms in total. The van der Waals surface area contributed by atoms with E-state index in [1.165, 1.54) is 23.2 Å². The quantitative estimate of drug-likeness (QED) is 0.738. The summed E-state index contributed by atoms with van der Waals surface area (Å²) in [4.78, 5) is 38.6. The van der Waals surface area contributed by atoms with Crippen LogP contribution in [0.2, 0.25) is 0 Å². The maximum atomic E-state index is 11.7. The van der Waals surface area contributed by atoms with Crippen molar-refractivity contribution >= 4 is 23.9 Å². The van der Waals surface area contributed by atoms with E-state index in [-0.39, 0.29) is 18.1 Å². The maximum Gasteiger partial charge on any atom is 0.328 e. The minimum absolute atomic E-state index is 0.103. The number of carbonyl (C=O) groups is 3. The summed E-state index contributed by atoms with van der Waals surface area (Å²) in [5.41, 5.74) is 0.720. The molecule has 0 atom stereocenters. The number of carbonyl (C=O) groups excluding carboxylic acids is 2. The highest BCUT2D eigenvalue weighted by Crippen LogP contribution is 2.02. The van der Waals surface area contributed by atoms with Crippen LogP contribution in [0.15, 0.2) is 24.4 Å². The highest BCUT2D eigenvalue weighted by atomic mass is 16.4.